The van der Waals surface area contributed by atoms with Crippen LogP contribution < -0.4 is 5.32 Å². The van der Waals surface area contributed by atoms with Gasteiger partial charge in [-0.15, -0.1) is 0 Å². The van der Waals surface area contributed by atoms with Crippen molar-refractivity contribution in [2.24, 2.45) is 0 Å². The zero-order valence-electron chi connectivity index (χ0n) is 11.7. The van der Waals surface area contributed by atoms with Crippen LogP contribution in [0, 0.1) is 6.92 Å². The highest BCUT2D eigenvalue weighted by Gasteiger charge is 2.29. The van der Waals surface area contributed by atoms with E-state index in [9.17, 15) is 0 Å². The van der Waals surface area contributed by atoms with E-state index >= 15 is 0 Å². The van der Waals surface area contributed by atoms with Gasteiger partial charge in [-0.1, -0.05) is 6.07 Å². The summed E-state index contributed by atoms with van der Waals surface area (Å²) in [5.41, 5.74) is 2.92. The number of anilines is 1. The van der Waals surface area contributed by atoms with E-state index in [2.05, 4.69) is 38.1 Å². The molecule has 3 rings (SSSR count). The Morgan fingerprint density at radius 1 is 1.25 bits per heavy atom. The lowest BCUT2D eigenvalue weighted by molar-refractivity contribution is 0.966. The molecule has 0 aromatic carbocycles. The number of nitrogens with zero attached hydrogens (tertiary/aromatic N) is 3. The van der Waals surface area contributed by atoms with Crippen LogP contribution in [0.4, 0.5) is 5.82 Å². The molecule has 0 radical (unpaired) electrons. The van der Waals surface area contributed by atoms with Gasteiger partial charge in [0.2, 0.25) is 0 Å². The van der Waals surface area contributed by atoms with Crippen molar-refractivity contribution in [2.45, 2.75) is 32.6 Å². The van der Waals surface area contributed by atoms with Crippen LogP contribution in [0.1, 0.15) is 37.1 Å². The molecule has 2 heterocycles. The monoisotopic (exact) mass is 332 g/mol. The highest BCUT2D eigenvalue weighted by atomic mass is 79.9. The first-order valence-corrected chi connectivity index (χ1v) is 7.73. The molecule has 0 bridgehead atoms. The van der Waals surface area contributed by atoms with Gasteiger partial charge in [-0.3, -0.25) is 0 Å². The molecule has 0 amide bonds. The number of hydrogen-bond donors (Lipinski definition) is 1. The van der Waals surface area contributed by atoms with Crippen LogP contribution in [-0.2, 0) is 0 Å². The number of aromatic nitrogens is 3. The average Bonchev–Trinajstić information content (AvgIpc) is 3.26. The zero-order chi connectivity index (χ0) is 14.1. The molecule has 0 aliphatic heterocycles. The number of nitrogens with one attached hydrogen (secondary N) is 1. The third-order valence-corrected chi connectivity index (χ3v) is 4.08. The van der Waals surface area contributed by atoms with Crippen molar-refractivity contribution in [3.8, 4) is 11.5 Å². The van der Waals surface area contributed by atoms with Gasteiger partial charge >= 0.3 is 0 Å². The van der Waals surface area contributed by atoms with Crippen LogP contribution in [0.3, 0.4) is 0 Å². The molecule has 4 nitrogen and oxygen atoms in total. The summed E-state index contributed by atoms with van der Waals surface area (Å²) in [5.74, 6) is 2.13. The van der Waals surface area contributed by atoms with Gasteiger partial charge in [0.1, 0.15) is 11.5 Å². The van der Waals surface area contributed by atoms with Crippen molar-refractivity contribution in [1.82, 2.24) is 15.0 Å². The summed E-state index contributed by atoms with van der Waals surface area (Å²) in [6, 6.07) is 5.94. The number of rotatable bonds is 4. The molecular weight excluding hydrogens is 316 g/mol. The zero-order valence-corrected chi connectivity index (χ0v) is 13.2. The molecule has 1 N–H and O–H groups in total. The summed E-state index contributed by atoms with van der Waals surface area (Å²) in [7, 11) is 0. The maximum Gasteiger partial charge on any atom is 0.180 e. The lowest BCUT2D eigenvalue weighted by atomic mass is 10.2. The first kappa shape index (κ1) is 13.5. The fourth-order valence-corrected chi connectivity index (χ4v) is 2.80. The van der Waals surface area contributed by atoms with Crippen LogP contribution in [0.5, 0.6) is 0 Å². The molecule has 1 aliphatic carbocycles. The van der Waals surface area contributed by atoms with Gasteiger partial charge < -0.3 is 5.32 Å². The van der Waals surface area contributed by atoms with Crippen molar-refractivity contribution < 1.29 is 0 Å². The molecular formula is C15H17BrN4. The lowest BCUT2D eigenvalue weighted by Gasteiger charge is -2.11. The molecule has 104 valence electrons. The van der Waals surface area contributed by atoms with Crippen molar-refractivity contribution in [3.63, 3.8) is 0 Å². The lowest BCUT2D eigenvalue weighted by Crippen LogP contribution is -2.06. The maximum atomic E-state index is 4.73. The molecule has 20 heavy (non-hydrogen) atoms. The Kier molecular flexibility index (Phi) is 3.70. The second-order valence-corrected chi connectivity index (χ2v) is 5.86. The second kappa shape index (κ2) is 5.48. The van der Waals surface area contributed by atoms with Gasteiger partial charge in [0, 0.05) is 18.2 Å². The summed E-state index contributed by atoms with van der Waals surface area (Å²) in [4.78, 5) is 13.9. The minimum absolute atomic E-state index is 0.563. The van der Waals surface area contributed by atoms with Crippen molar-refractivity contribution >= 4 is 21.7 Å². The highest BCUT2D eigenvalue weighted by Crippen LogP contribution is 2.44. The Bertz CT molecular complexity index is 638. The van der Waals surface area contributed by atoms with Crippen LogP contribution >= 0.6 is 15.9 Å². The summed E-state index contributed by atoms with van der Waals surface area (Å²) in [5, 5.41) is 3.30. The molecule has 1 saturated carbocycles. The second-order valence-electron chi connectivity index (χ2n) is 5.06. The van der Waals surface area contributed by atoms with E-state index in [0.717, 1.165) is 33.9 Å². The third-order valence-electron chi connectivity index (χ3n) is 3.30. The molecule has 2 aromatic rings. The molecule has 0 spiro atoms. The van der Waals surface area contributed by atoms with E-state index in [1.165, 1.54) is 12.8 Å². The topological polar surface area (TPSA) is 50.7 Å². The van der Waals surface area contributed by atoms with Crippen molar-refractivity contribution in [1.29, 1.82) is 0 Å². The van der Waals surface area contributed by atoms with Gasteiger partial charge in [0.15, 0.2) is 5.82 Å². The predicted octanol–water partition coefficient (Wildman–Crippen LogP) is 3.92. The fourth-order valence-electron chi connectivity index (χ4n) is 2.16. The first-order chi connectivity index (χ1) is 9.69. The average molecular weight is 333 g/mol. The molecule has 5 heteroatoms. The van der Waals surface area contributed by atoms with Gasteiger partial charge in [0.25, 0.3) is 0 Å². The Balaban J connectivity index is 2.10. The highest BCUT2D eigenvalue weighted by molar-refractivity contribution is 9.10. The number of halogens is 1. The van der Waals surface area contributed by atoms with E-state index in [1.807, 2.05) is 25.1 Å². The predicted molar refractivity (Wildman–Crippen MR) is 83.8 cm³/mol. The van der Waals surface area contributed by atoms with Gasteiger partial charge in [0.05, 0.1) is 10.2 Å². The summed E-state index contributed by atoms with van der Waals surface area (Å²) < 4.78 is 0.998. The van der Waals surface area contributed by atoms with Gasteiger partial charge in [-0.2, -0.15) is 0 Å². The Morgan fingerprint density at radius 2 is 2.05 bits per heavy atom. The number of pyridine rings is 1. The molecule has 2 aromatic heterocycles. The molecule has 0 unspecified atom stereocenters. The minimum Gasteiger partial charge on any atom is -0.369 e. The number of hydrogen-bond acceptors (Lipinski definition) is 4. The largest absolute Gasteiger partial charge is 0.369 e. The standard InChI is InChI=1S/C15H17BrN4/c1-3-17-15-12(16)13(10-7-8-10)19-14(20-15)11-6-4-5-9(2)18-11/h4-6,10H,3,7-8H2,1-2H3,(H,17,19,20). The normalized spacial score (nSPS) is 14.3. The Hall–Kier alpha value is -1.49. The third kappa shape index (κ3) is 2.68. The summed E-state index contributed by atoms with van der Waals surface area (Å²) >= 11 is 3.64. The quantitative estimate of drug-likeness (QED) is 0.921. The summed E-state index contributed by atoms with van der Waals surface area (Å²) in [6.07, 6.45) is 2.42. The van der Waals surface area contributed by atoms with E-state index in [-0.39, 0.29) is 0 Å². The van der Waals surface area contributed by atoms with Gasteiger partial charge in [-0.05, 0) is 54.8 Å². The minimum atomic E-state index is 0.563. The number of aryl methyl sites for hydroxylation is 1. The van der Waals surface area contributed by atoms with Crippen LogP contribution in [-0.4, -0.2) is 21.5 Å². The van der Waals surface area contributed by atoms with Crippen LogP contribution in [0.2, 0.25) is 0 Å². The Morgan fingerprint density at radius 3 is 2.70 bits per heavy atom. The molecule has 1 aliphatic rings. The summed E-state index contributed by atoms with van der Waals surface area (Å²) in [6.45, 7) is 4.88. The van der Waals surface area contributed by atoms with E-state index in [4.69, 9.17) is 4.98 Å². The smallest absolute Gasteiger partial charge is 0.180 e. The first-order valence-electron chi connectivity index (χ1n) is 6.94. The van der Waals surface area contributed by atoms with Crippen molar-refractivity contribution in [3.05, 3.63) is 34.1 Å². The molecule has 1 fully saturated rings. The van der Waals surface area contributed by atoms with E-state index < -0.39 is 0 Å². The van der Waals surface area contributed by atoms with E-state index in [0.29, 0.717) is 11.7 Å². The van der Waals surface area contributed by atoms with Crippen molar-refractivity contribution in [2.75, 3.05) is 11.9 Å². The molecule has 0 atom stereocenters. The SMILES string of the molecule is CCNc1nc(-c2cccc(C)n2)nc(C2CC2)c1Br. The Labute approximate surface area is 127 Å². The van der Waals surface area contributed by atoms with Crippen LogP contribution in [0.25, 0.3) is 11.5 Å². The van der Waals surface area contributed by atoms with Crippen LogP contribution in [0.15, 0.2) is 22.7 Å². The fraction of sp³-hybridized carbons (Fsp3) is 0.400. The van der Waals surface area contributed by atoms with E-state index in [1.54, 1.807) is 0 Å². The maximum absolute atomic E-state index is 4.73. The molecule has 0 saturated heterocycles. The van der Waals surface area contributed by atoms with Gasteiger partial charge in [-0.25, -0.2) is 15.0 Å².